The summed E-state index contributed by atoms with van der Waals surface area (Å²) < 4.78 is 17.2. The molecule has 1 fully saturated rings. The first-order chi connectivity index (χ1) is 14.0. The molecule has 0 amide bonds. The summed E-state index contributed by atoms with van der Waals surface area (Å²) in [6.45, 7) is 7.19. The molecule has 158 valence electrons. The lowest BCUT2D eigenvalue weighted by Gasteiger charge is -2.28. The second-order valence-corrected chi connectivity index (χ2v) is 7.93. The Balaban J connectivity index is 1.61. The minimum atomic E-state index is -0.591. The molecule has 0 saturated carbocycles. The van der Waals surface area contributed by atoms with Gasteiger partial charge in [0.25, 0.3) is 0 Å². The maximum atomic E-state index is 10.7. The van der Waals surface area contributed by atoms with Crippen LogP contribution in [0.5, 0.6) is 11.5 Å². The lowest BCUT2D eigenvalue weighted by atomic mass is 10.1. The van der Waals surface area contributed by atoms with E-state index in [2.05, 4.69) is 17.0 Å². The van der Waals surface area contributed by atoms with Crippen LogP contribution in [-0.2, 0) is 11.3 Å². The summed E-state index contributed by atoms with van der Waals surface area (Å²) in [7, 11) is 1.69. The first kappa shape index (κ1) is 21.6. The molecular weight excluding hydrogens is 366 g/mol. The molecule has 1 aliphatic rings. The Morgan fingerprint density at radius 2 is 1.93 bits per heavy atom. The Bertz CT molecular complexity index is 753. The molecule has 2 atom stereocenters. The molecule has 5 heteroatoms. The number of aryl methyl sites for hydroxylation is 2. The second-order valence-electron chi connectivity index (χ2n) is 7.93. The fraction of sp³-hybridized carbons (Fsp3) is 0.500. The summed E-state index contributed by atoms with van der Waals surface area (Å²) >= 11 is 0. The summed E-state index contributed by atoms with van der Waals surface area (Å²) in [6, 6.07) is 14.1. The van der Waals surface area contributed by atoms with Gasteiger partial charge in [-0.2, -0.15) is 0 Å². The van der Waals surface area contributed by atoms with Gasteiger partial charge in [-0.05, 0) is 56.0 Å². The lowest BCUT2D eigenvalue weighted by Crippen LogP contribution is -2.39. The van der Waals surface area contributed by atoms with E-state index in [1.165, 1.54) is 0 Å². The number of methoxy groups -OCH3 is 1. The first-order valence-electron chi connectivity index (χ1n) is 10.4. The number of ether oxygens (including phenoxy) is 3. The van der Waals surface area contributed by atoms with Crippen LogP contribution in [0.3, 0.4) is 0 Å². The van der Waals surface area contributed by atoms with Gasteiger partial charge in [-0.3, -0.25) is 4.90 Å². The van der Waals surface area contributed by atoms with E-state index in [9.17, 15) is 5.11 Å². The van der Waals surface area contributed by atoms with E-state index < -0.39 is 6.10 Å². The third-order valence-corrected chi connectivity index (χ3v) is 5.18. The average molecular weight is 400 g/mol. The molecule has 0 radical (unpaired) electrons. The van der Waals surface area contributed by atoms with Gasteiger partial charge in [-0.25, -0.2) is 0 Å². The molecule has 0 bridgehead atoms. The van der Waals surface area contributed by atoms with Crippen LogP contribution < -0.4 is 9.47 Å². The highest BCUT2D eigenvalue weighted by molar-refractivity contribution is 5.33. The van der Waals surface area contributed by atoms with Crippen LogP contribution in [0, 0.1) is 13.8 Å². The van der Waals surface area contributed by atoms with Crippen molar-refractivity contribution in [1.29, 1.82) is 0 Å². The van der Waals surface area contributed by atoms with Crippen LogP contribution in [0.4, 0.5) is 0 Å². The molecule has 2 unspecified atom stereocenters. The summed E-state index contributed by atoms with van der Waals surface area (Å²) in [6.07, 6.45) is 1.80. The van der Waals surface area contributed by atoms with E-state index >= 15 is 0 Å². The minimum absolute atomic E-state index is 0.220. The summed E-state index contributed by atoms with van der Waals surface area (Å²) in [5.41, 5.74) is 3.42. The van der Waals surface area contributed by atoms with E-state index in [0.29, 0.717) is 13.1 Å². The molecule has 0 aliphatic carbocycles. The zero-order chi connectivity index (χ0) is 20.6. The number of aliphatic hydroxyl groups excluding tert-OH is 1. The highest BCUT2D eigenvalue weighted by Crippen LogP contribution is 2.22. The zero-order valence-electron chi connectivity index (χ0n) is 17.8. The number of para-hydroxylation sites is 1. The van der Waals surface area contributed by atoms with Crippen molar-refractivity contribution in [3.63, 3.8) is 0 Å². The molecule has 0 aromatic heterocycles. The topological polar surface area (TPSA) is 51.2 Å². The van der Waals surface area contributed by atoms with E-state index in [4.69, 9.17) is 14.2 Å². The van der Waals surface area contributed by atoms with Gasteiger partial charge in [0, 0.05) is 31.8 Å². The van der Waals surface area contributed by atoms with Gasteiger partial charge in [0.2, 0.25) is 0 Å². The maximum Gasteiger partial charge on any atom is 0.123 e. The molecular formula is C24H33NO4. The predicted octanol–water partition coefficient (Wildman–Crippen LogP) is 3.73. The van der Waals surface area contributed by atoms with Crippen molar-refractivity contribution in [2.75, 3.05) is 33.4 Å². The van der Waals surface area contributed by atoms with E-state index in [1.54, 1.807) is 7.11 Å². The third kappa shape index (κ3) is 6.74. The molecule has 3 rings (SSSR count). The molecule has 29 heavy (non-hydrogen) atoms. The van der Waals surface area contributed by atoms with Crippen molar-refractivity contribution >= 4 is 0 Å². The van der Waals surface area contributed by atoms with Gasteiger partial charge < -0.3 is 19.3 Å². The molecule has 2 aromatic carbocycles. The molecule has 1 N–H and O–H groups in total. The van der Waals surface area contributed by atoms with E-state index in [1.807, 2.05) is 44.2 Å². The van der Waals surface area contributed by atoms with Crippen molar-refractivity contribution in [2.45, 2.75) is 45.4 Å². The van der Waals surface area contributed by atoms with Crippen molar-refractivity contribution in [3.8, 4) is 11.5 Å². The first-order valence-corrected chi connectivity index (χ1v) is 10.4. The maximum absolute atomic E-state index is 10.7. The van der Waals surface area contributed by atoms with Crippen LogP contribution in [0.1, 0.15) is 29.5 Å². The van der Waals surface area contributed by atoms with Crippen LogP contribution in [-0.4, -0.2) is 55.6 Å². The second kappa shape index (κ2) is 10.6. The number of aliphatic hydroxyl groups is 1. The molecule has 2 aromatic rings. The Morgan fingerprint density at radius 1 is 1.17 bits per heavy atom. The largest absolute Gasteiger partial charge is 0.496 e. The number of benzene rings is 2. The zero-order valence-corrected chi connectivity index (χ0v) is 17.8. The van der Waals surface area contributed by atoms with Crippen molar-refractivity contribution in [1.82, 2.24) is 4.90 Å². The van der Waals surface area contributed by atoms with E-state index in [0.717, 1.165) is 54.2 Å². The van der Waals surface area contributed by atoms with Gasteiger partial charge in [-0.15, -0.1) is 0 Å². The third-order valence-electron chi connectivity index (χ3n) is 5.18. The normalized spacial score (nSPS) is 17.5. The smallest absolute Gasteiger partial charge is 0.123 e. The standard InChI is InChI=1S/C24H33NO4/c1-18-11-19(2)13-23(12-18)29-17-21(26)15-25(16-22-8-6-10-28-22)14-20-7-4-5-9-24(20)27-3/h4-5,7,9,11-13,21-22,26H,6,8,10,14-17H2,1-3H3. The van der Waals surface area contributed by atoms with Crippen LogP contribution in [0.2, 0.25) is 0 Å². The van der Waals surface area contributed by atoms with Gasteiger partial charge in [0.15, 0.2) is 0 Å². The van der Waals surface area contributed by atoms with E-state index in [-0.39, 0.29) is 12.7 Å². The molecule has 1 saturated heterocycles. The Hall–Kier alpha value is -2.08. The van der Waals surface area contributed by atoms with Crippen LogP contribution >= 0.6 is 0 Å². The Labute approximate surface area is 174 Å². The lowest BCUT2D eigenvalue weighted by molar-refractivity contribution is 0.0311. The Morgan fingerprint density at radius 3 is 2.62 bits per heavy atom. The molecule has 1 heterocycles. The molecule has 1 aliphatic heterocycles. The summed E-state index contributed by atoms with van der Waals surface area (Å²) in [5.74, 6) is 1.67. The van der Waals surface area contributed by atoms with Crippen LogP contribution in [0.15, 0.2) is 42.5 Å². The SMILES string of the molecule is COc1ccccc1CN(CC(O)COc1cc(C)cc(C)c1)CC1CCCO1. The van der Waals surface area contributed by atoms with Crippen molar-refractivity contribution < 1.29 is 19.3 Å². The highest BCUT2D eigenvalue weighted by atomic mass is 16.5. The fourth-order valence-corrected chi connectivity index (χ4v) is 3.91. The predicted molar refractivity (Wildman–Crippen MR) is 115 cm³/mol. The minimum Gasteiger partial charge on any atom is -0.496 e. The van der Waals surface area contributed by atoms with Crippen LogP contribution in [0.25, 0.3) is 0 Å². The number of hydrogen-bond acceptors (Lipinski definition) is 5. The number of hydrogen-bond donors (Lipinski definition) is 1. The molecule has 0 spiro atoms. The summed E-state index contributed by atoms with van der Waals surface area (Å²) in [5, 5.41) is 10.7. The summed E-state index contributed by atoms with van der Waals surface area (Å²) in [4.78, 5) is 2.24. The van der Waals surface area contributed by atoms with Gasteiger partial charge in [-0.1, -0.05) is 24.3 Å². The van der Waals surface area contributed by atoms with Crippen molar-refractivity contribution in [2.24, 2.45) is 0 Å². The van der Waals surface area contributed by atoms with Gasteiger partial charge in [0.05, 0.1) is 13.2 Å². The monoisotopic (exact) mass is 399 g/mol. The number of rotatable bonds is 10. The average Bonchev–Trinajstić information content (AvgIpc) is 3.19. The molecule has 5 nitrogen and oxygen atoms in total. The van der Waals surface area contributed by atoms with Gasteiger partial charge in [0.1, 0.15) is 24.2 Å². The van der Waals surface area contributed by atoms with Crippen molar-refractivity contribution in [3.05, 3.63) is 59.2 Å². The quantitative estimate of drug-likeness (QED) is 0.660. The highest BCUT2D eigenvalue weighted by Gasteiger charge is 2.22. The number of nitrogens with zero attached hydrogens (tertiary/aromatic N) is 1. The van der Waals surface area contributed by atoms with Gasteiger partial charge >= 0.3 is 0 Å². The Kier molecular flexibility index (Phi) is 7.92. The fourth-order valence-electron chi connectivity index (χ4n) is 3.91.